The first-order valence-electron chi connectivity index (χ1n) is 4.54. The topological polar surface area (TPSA) is 80.9 Å². The maximum absolute atomic E-state index is 11.4. The highest BCUT2D eigenvalue weighted by Gasteiger charge is 2.45. The lowest BCUT2D eigenvalue weighted by Crippen LogP contribution is -2.42. The van der Waals surface area contributed by atoms with Gasteiger partial charge in [-0.2, -0.15) is 10.2 Å². The summed E-state index contributed by atoms with van der Waals surface area (Å²) in [4.78, 5) is 11.4. The number of amides is 1. The number of rotatable bonds is 3. The lowest BCUT2D eigenvalue weighted by Gasteiger charge is -2.08. The average molecular weight is 192 g/mol. The lowest BCUT2D eigenvalue weighted by molar-refractivity contribution is -0.123. The number of hydrogen-bond acceptors (Lipinski definition) is 4. The van der Waals surface area contributed by atoms with Crippen LogP contribution in [0, 0.1) is 0 Å². The van der Waals surface area contributed by atoms with E-state index in [-0.39, 0.29) is 5.91 Å². The Morgan fingerprint density at radius 3 is 3.00 bits per heavy atom. The van der Waals surface area contributed by atoms with Crippen molar-refractivity contribution < 1.29 is 4.79 Å². The molecule has 2 rings (SSSR count). The molecule has 1 aromatic heterocycles. The third-order valence-electron chi connectivity index (χ3n) is 2.30. The number of hydrogen-bond donors (Lipinski definition) is 2. The van der Waals surface area contributed by atoms with Gasteiger partial charge in [0.1, 0.15) is 0 Å². The van der Waals surface area contributed by atoms with E-state index in [1.54, 1.807) is 12.3 Å². The summed E-state index contributed by atoms with van der Waals surface area (Å²) in [6.45, 7) is 0.394. The number of nitrogens with two attached hydrogens (primary N) is 1. The van der Waals surface area contributed by atoms with Crippen molar-refractivity contribution in [3.05, 3.63) is 24.0 Å². The van der Waals surface area contributed by atoms with Gasteiger partial charge in [0.15, 0.2) is 0 Å². The summed E-state index contributed by atoms with van der Waals surface area (Å²) in [5, 5.41) is 10.3. The van der Waals surface area contributed by atoms with Crippen LogP contribution in [0.3, 0.4) is 0 Å². The Kier molecular flexibility index (Phi) is 2.17. The molecular weight excluding hydrogens is 180 g/mol. The van der Waals surface area contributed by atoms with Gasteiger partial charge in [-0.25, -0.2) is 0 Å². The Labute approximate surface area is 81.7 Å². The maximum Gasteiger partial charge on any atom is 0.240 e. The van der Waals surface area contributed by atoms with Gasteiger partial charge in [-0.3, -0.25) is 4.79 Å². The Morgan fingerprint density at radius 1 is 1.64 bits per heavy atom. The molecule has 0 unspecified atom stereocenters. The highest BCUT2D eigenvalue weighted by atomic mass is 16.2. The Bertz CT molecular complexity index is 334. The van der Waals surface area contributed by atoms with Crippen LogP contribution in [0.15, 0.2) is 18.3 Å². The molecule has 1 aliphatic rings. The van der Waals surface area contributed by atoms with Gasteiger partial charge in [0, 0.05) is 6.20 Å². The van der Waals surface area contributed by atoms with Crippen LogP contribution in [-0.2, 0) is 11.3 Å². The van der Waals surface area contributed by atoms with Gasteiger partial charge in [-0.1, -0.05) is 0 Å². The fraction of sp³-hybridized carbons (Fsp3) is 0.444. The number of carbonyl (C=O) groups is 1. The first-order valence-corrected chi connectivity index (χ1v) is 4.54. The molecule has 5 nitrogen and oxygen atoms in total. The number of carbonyl (C=O) groups excluding carboxylic acids is 1. The van der Waals surface area contributed by atoms with E-state index in [1.807, 2.05) is 6.07 Å². The standard InChI is InChI=1S/C9H12N4O/c10-9(3-4-9)8(14)11-6-7-2-1-5-12-13-7/h1-2,5H,3-4,6,10H2,(H,11,14). The van der Waals surface area contributed by atoms with Crippen molar-refractivity contribution in [1.29, 1.82) is 0 Å². The van der Waals surface area contributed by atoms with Crippen molar-refractivity contribution in [2.75, 3.05) is 0 Å². The molecule has 74 valence electrons. The van der Waals surface area contributed by atoms with Crippen LogP contribution in [0.5, 0.6) is 0 Å². The van der Waals surface area contributed by atoms with Gasteiger partial charge >= 0.3 is 0 Å². The highest BCUT2D eigenvalue weighted by Crippen LogP contribution is 2.32. The van der Waals surface area contributed by atoms with Crippen LogP contribution in [0.4, 0.5) is 0 Å². The summed E-state index contributed by atoms with van der Waals surface area (Å²) < 4.78 is 0. The van der Waals surface area contributed by atoms with Crippen molar-refractivity contribution in [1.82, 2.24) is 15.5 Å². The molecule has 1 aromatic rings. The number of nitrogens with one attached hydrogen (secondary N) is 1. The third kappa shape index (κ3) is 1.88. The Balaban J connectivity index is 1.86. The predicted molar refractivity (Wildman–Crippen MR) is 50.0 cm³/mol. The van der Waals surface area contributed by atoms with Crippen LogP contribution >= 0.6 is 0 Å². The molecule has 0 bridgehead atoms. The lowest BCUT2D eigenvalue weighted by atomic mass is 10.2. The third-order valence-corrected chi connectivity index (χ3v) is 2.30. The molecule has 0 aromatic carbocycles. The van der Waals surface area contributed by atoms with Crippen LogP contribution < -0.4 is 11.1 Å². The van der Waals surface area contributed by atoms with E-state index in [9.17, 15) is 4.79 Å². The zero-order valence-electron chi connectivity index (χ0n) is 7.73. The number of nitrogens with zero attached hydrogens (tertiary/aromatic N) is 2. The number of aromatic nitrogens is 2. The van der Waals surface area contributed by atoms with Crippen molar-refractivity contribution >= 4 is 5.91 Å². The molecule has 3 N–H and O–H groups in total. The first-order chi connectivity index (χ1) is 6.71. The summed E-state index contributed by atoms with van der Waals surface area (Å²) in [7, 11) is 0. The molecule has 0 atom stereocenters. The van der Waals surface area contributed by atoms with Crippen molar-refractivity contribution in [2.45, 2.75) is 24.9 Å². The van der Waals surface area contributed by atoms with Gasteiger partial charge in [0.25, 0.3) is 0 Å². The van der Waals surface area contributed by atoms with Gasteiger partial charge in [0.05, 0.1) is 17.8 Å². The van der Waals surface area contributed by atoms with E-state index in [0.29, 0.717) is 6.54 Å². The zero-order valence-corrected chi connectivity index (χ0v) is 7.73. The van der Waals surface area contributed by atoms with Gasteiger partial charge in [-0.05, 0) is 25.0 Å². The molecule has 0 aliphatic heterocycles. The highest BCUT2D eigenvalue weighted by molar-refractivity contribution is 5.88. The molecule has 0 spiro atoms. The smallest absolute Gasteiger partial charge is 0.240 e. The summed E-state index contributed by atoms with van der Waals surface area (Å²) in [6, 6.07) is 3.59. The quantitative estimate of drug-likeness (QED) is 0.681. The summed E-state index contributed by atoms with van der Waals surface area (Å²) in [6.07, 6.45) is 3.15. The molecule has 1 amide bonds. The minimum Gasteiger partial charge on any atom is -0.349 e. The molecule has 0 radical (unpaired) electrons. The minimum atomic E-state index is -0.609. The molecule has 0 saturated heterocycles. The molecule has 1 aliphatic carbocycles. The normalized spacial score (nSPS) is 17.5. The minimum absolute atomic E-state index is 0.0943. The SMILES string of the molecule is NC1(C(=O)NCc2cccnn2)CC1. The van der Waals surface area contributed by atoms with E-state index >= 15 is 0 Å². The van der Waals surface area contributed by atoms with E-state index < -0.39 is 5.54 Å². The summed E-state index contributed by atoms with van der Waals surface area (Å²) in [5.41, 5.74) is 5.84. The van der Waals surface area contributed by atoms with E-state index in [1.165, 1.54) is 0 Å². The Morgan fingerprint density at radius 2 is 2.43 bits per heavy atom. The molecule has 14 heavy (non-hydrogen) atoms. The first kappa shape index (κ1) is 9.08. The maximum atomic E-state index is 11.4. The predicted octanol–water partition coefficient (Wildman–Crippen LogP) is -0.416. The second kappa shape index (κ2) is 3.34. The van der Waals surface area contributed by atoms with Crippen LogP contribution in [0.2, 0.25) is 0 Å². The molecule has 1 saturated carbocycles. The molecular formula is C9H12N4O. The van der Waals surface area contributed by atoms with Gasteiger partial charge in [0.2, 0.25) is 5.91 Å². The second-order valence-corrected chi connectivity index (χ2v) is 3.55. The fourth-order valence-corrected chi connectivity index (χ4v) is 1.14. The molecule has 1 heterocycles. The Hall–Kier alpha value is -1.49. The summed E-state index contributed by atoms with van der Waals surface area (Å²) in [5.74, 6) is -0.0943. The van der Waals surface area contributed by atoms with E-state index in [2.05, 4.69) is 15.5 Å². The molecule has 5 heteroatoms. The van der Waals surface area contributed by atoms with Crippen LogP contribution in [-0.4, -0.2) is 21.6 Å². The zero-order chi connectivity index (χ0) is 10.0. The van der Waals surface area contributed by atoms with Gasteiger partial charge < -0.3 is 11.1 Å². The summed E-state index contributed by atoms with van der Waals surface area (Å²) >= 11 is 0. The molecule has 1 fully saturated rings. The van der Waals surface area contributed by atoms with E-state index in [0.717, 1.165) is 18.5 Å². The van der Waals surface area contributed by atoms with E-state index in [4.69, 9.17) is 5.73 Å². The van der Waals surface area contributed by atoms with Crippen molar-refractivity contribution in [3.63, 3.8) is 0 Å². The van der Waals surface area contributed by atoms with Crippen molar-refractivity contribution in [2.24, 2.45) is 5.73 Å². The fourth-order valence-electron chi connectivity index (χ4n) is 1.14. The largest absolute Gasteiger partial charge is 0.349 e. The van der Waals surface area contributed by atoms with Gasteiger partial charge in [-0.15, -0.1) is 0 Å². The average Bonchev–Trinajstić information content (AvgIpc) is 2.96. The second-order valence-electron chi connectivity index (χ2n) is 3.55. The monoisotopic (exact) mass is 192 g/mol. The van der Waals surface area contributed by atoms with Crippen LogP contribution in [0.25, 0.3) is 0 Å². The van der Waals surface area contributed by atoms with Crippen LogP contribution in [0.1, 0.15) is 18.5 Å². The van der Waals surface area contributed by atoms with Crippen molar-refractivity contribution in [3.8, 4) is 0 Å².